The molecule has 5 rings (SSSR count). The Morgan fingerprint density at radius 3 is 2.83 bits per heavy atom. The molecule has 30 heavy (non-hydrogen) atoms. The van der Waals surface area contributed by atoms with Crippen LogP contribution in [0.3, 0.4) is 0 Å². The van der Waals surface area contributed by atoms with Crippen LogP contribution in [-0.2, 0) is 16.6 Å². The zero-order valence-corrected chi connectivity index (χ0v) is 19.1. The molecule has 1 N–H and O–H groups in total. The maximum absolute atomic E-state index is 12.9. The number of benzene rings is 2. The standard InChI is InChI=1S/C26H29BrN2O/c1-29(25(30)12-7-18-5-9-20(27)10-6-18)21-11-8-19-16-24-22-4-2-3-13-26(22,14-15-28-24)23(19)17-21/h5-12,17,22,24,28H,2-4,13-16H2,1H3/t22-,24+,26+/m0/s1. The van der Waals surface area contributed by atoms with Gasteiger partial charge in [0.2, 0.25) is 0 Å². The van der Waals surface area contributed by atoms with Crippen LogP contribution in [0.5, 0.6) is 0 Å². The normalized spacial score (nSPS) is 27.4. The van der Waals surface area contributed by atoms with Crippen LogP contribution in [0.4, 0.5) is 5.69 Å². The van der Waals surface area contributed by atoms with Crippen molar-refractivity contribution in [3.05, 3.63) is 69.7 Å². The molecule has 1 heterocycles. The Morgan fingerprint density at radius 2 is 2.00 bits per heavy atom. The second-order valence-corrected chi connectivity index (χ2v) is 10.1. The summed E-state index contributed by atoms with van der Waals surface area (Å²) in [7, 11) is 1.89. The van der Waals surface area contributed by atoms with Crippen LogP contribution < -0.4 is 10.2 Å². The molecule has 0 radical (unpaired) electrons. The quantitative estimate of drug-likeness (QED) is 0.610. The van der Waals surface area contributed by atoms with Crippen molar-refractivity contribution in [2.45, 2.75) is 50.0 Å². The zero-order chi connectivity index (χ0) is 20.7. The Kier molecular flexibility index (Phi) is 5.32. The first-order chi connectivity index (χ1) is 14.6. The van der Waals surface area contributed by atoms with Gasteiger partial charge >= 0.3 is 0 Å². The van der Waals surface area contributed by atoms with E-state index < -0.39 is 0 Å². The van der Waals surface area contributed by atoms with E-state index in [9.17, 15) is 4.79 Å². The lowest BCUT2D eigenvalue weighted by atomic mass is 9.53. The van der Waals surface area contributed by atoms with Crippen molar-refractivity contribution >= 4 is 33.6 Å². The minimum absolute atomic E-state index is 0.00885. The minimum atomic E-state index is 0.00885. The molecule has 156 valence electrons. The lowest BCUT2D eigenvalue weighted by molar-refractivity contribution is -0.113. The Labute approximate surface area is 187 Å². The predicted octanol–water partition coefficient (Wildman–Crippen LogP) is 5.47. The molecule has 3 nitrogen and oxygen atoms in total. The number of rotatable bonds is 3. The fourth-order valence-corrected chi connectivity index (χ4v) is 6.37. The molecule has 0 unspecified atom stereocenters. The molecule has 1 saturated heterocycles. The van der Waals surface area contributed by atoms with Crippen molar-refractivity contribution in [2.24, 2.45) is 5.92 Å². The summed E-state index contributed by atoms with van der Waals surface area (Å²) in [6, 6.07) is 15.4. The summed E-state index contributed by atoms with van der Waals surface area (Å²) in [5, 5.41) is 3.80. The van der Waals surface area contributed by atoms with E-state index in [-0.39, 0.29) is 5.91 Å². The van der Waals surface area contributed by atoms with E-state index in [1.54, 1.807) is 11.0 Å². The third-order valence-corrected chi connectivity index (χ3v) is 8.17. The Balaban J connectivity index is 1.42. The Morgan fingerprint density at radius 1 is 1.17 bits per heavy atom. The number of carbonyl (C=O) groups excluding carboxylic acids is 1. The highest BCUT2D eigenvalue weighted by atomic mass is 79.9. The number of halogens is 1. The number of nitrogens with zero attached hydrogens (tertiary/aromatic N) is 1. The number of hydrogen-bond acceptors (Lipinski definition) is 2. The maximum Gasteiger partial charge on any atom is 0.250 e. The summed E-state index contributed by atoms with van der Waals surface area (Å²) in [5.41, 5.74) is 5.36. The van der Waals surface area contributed by atoms with Gasteiger partial charge in [0.15, 0.2) is 0 Å². The molecule has 0 spiro atoms. The number of nitrogens with one attached hydrogen (secondary N) is 1. The van der Waals surface area contributed by atoms with Gasteiger partial charge in [-0.05, 0) is 85.2 Å². The lowest BCUT2D eigenvalue weighted by Crippen LogP contribution is -2.59. The van der Waals surface area contributed by atoms with E-state index >= 15 is 0 Å². The highest BCUT2D eigenvalue weighted by Crippen LogP contribution is 2.54. The van der Waals surface area contributed by atoms with Crippen molar-refractivity contribution in [3.8, 4) is 0 Å². The van der Waals surface area contributed by atoms with Crippen LogP contribution in [0, 0.1) is 5.92 Å². The fourth-order valence-electron chi connectivity index (χ4n) is 6.10. The maximum atomic E-state index is 12.9. The van der Waals surface area contributed by atoms with Crippen molar-refractivity contribution in [3.63, 3.8) is 0 Å². The van der Waals surface area contributed by atoms with Crippen molar-refractivity contribution in [1.82, 2.24) is 5.32 Å². The van der Waals surface area contributed by atoms with E-state index in [1.165, 1.54) is 43.2 Å². The number of likely N-dealkylation sites (N-methyl/N-ethyl adjacent to an activating group) is 1. The van der Waals surface area contributed by atoms with Crippen LogP contribution in [-0.4, -0.2) is 25.5 Å². The van der Waals surface area contributed by atoms with Crippen molar-refractivity contribution in [2.75, 3.05) is 18.5 Å². The van der Waals surface area contributed by atoms with Gasteiger partial charge in [0.1, 0.15) is 0 Å². The largest absolute Gasteiger partial charge is 0.313 e. The molecule has 2 aliphatic carbocycles. The van der Waals surface area contributed by atoms with Gasteiger partial charge in [-0.15, -0.1) is 0 Å². The first kappa shape index (κ1) is 20.0. The number of carbonyl (C=O) groups is 1. The van der Waals surface area contributed by atoms with Crippen molar-refractivity contribution < 1.29 is 4.79 Å². The van der Waals surface area contributed by atoms with E-state index in [0.29, 0.717) is 11.5 Å². The van der Waals surface area contributed by atoms with Crippen LogP contribution in [0.2, 0.25) is 0 Å². The number of fused-ring (bicyclic) bond motifs is 1. The molecule has 2 bridgehead atoms. The summed E-state index contributed by atoms with van der Waals surface area (Å²) in [6.07, 6.45) is 11.2. The Hall–Kier alpha value is -1.91. The van der Waals surface area contributed by atoms with Crippen LogP contribution in [0.1, 0.15) is 48.8 Å². The average molecular weight is 465 g/mol. The third kappa shape index (κ3) is 3.44. The predicted molar refractivity (Wildman–Crippen MR) is 127 cm³/mol. The van der Waals surface area contributed by atoms with Gasteiger partial charge in [0.25, 0.3) is 5.91 Å². The second kappa shape index (κ2) is 7.97. The van der Waals surface area contributed by atoms with E-state index in [0.717, 1.165) is 34.6 Å². The molecule has 1 amide bonds. The topological polar surface area (TPSA) is 32.3 Å². The zero-order valence-electron chi connectivity index (χ0n) is 17.5. The Bertz CT molecular complexity index is 979. The van der Waals surface area contributed by atoms with Crippen LogP contribution >= 0.6 is 15.9 Å². The summed E-state index contributed by atoms with van der Waals surface area (Å²) < 4.78 is 1.04. The van der Waals surface area contributed by atoms with Crippen LogP contribution in [0.15, 0.2) is 53.0 Å². The summed E-state index contributed by atoms with van der Waals surface area (Å²) >= 11 is 3.45. The molecular formula is C26H29BrN2O. The molecule has 2 aromatic carbocycles. The molecule has 0 aromatic heterocycles. The number of piperidine rings is 1. The second-order valence-electron chi connectivity index (χ2n) is 9.15. The summed E-state index contributed by atoms with van der Waals surface area (Å²) in [4.78, 5) is 14.7. The number of hydrogen-bond donors (Lipinski definition) is 1. The van der Waals surface area contributed by atoms with Gasteiger partial charge in [-0.25, -0.2) is 0 Å². The van der Waals surface area contributed by atoms with E-state index in [1.807, 2.05) is 37.4 Å². The highest BCUT2D eigenvalue weighted by Gasteiger charge is 2.51. The molecule has 4 heteroatoms. The minimum Gasteiger partial charge on any atom is -0.313 e. The summed E-state index contributed by atoms with van der Waals surface area (Å²) in [5.74, 6) is 0.760. The molecule has 2 aromatic rings. The summed E-state index contributed by atoms with van der Waals surface area (Å²) in [6.45, 7) is 1.12. The number of anilines is 1. The molecular weight excluding hydrogens is 436 g/mol. The van der Waals surface area contributed by atoms with Crippen molar-refractivity contribution in [1.29, 1.82) is 0 Å². The first-order valence-electron chi connectivity index (χ1n) is 11.1. The van der Waals surface area contributed by atoms with Gasteiger partial charge in [0.05, 0.1) is 0 Å². The SMILES string of the molecule is CN(C(=O)C=Cc1ccc(Br)cc1)c1ccc2c(c1)[C@@]13CCCC[C@H]1[C@@H](C2)NCC3. The van der Waals surface area contributed by atoms with Gasteiger partial charge in [-0.2, -0.15) is 0 Å². The molecule has 2 fully saturated rings. The van der Waals surface area contributed by atoms with Gasteiger partial charge in [-0.1, -0.05) is 47.0 Å². The molecule has 3 aliphatic rings. The highest BCUT2D eigenvalue weighted by molar-refractivity contribution is 9.10. The fraction of sp³-hybridized carbons (Fsp3) is 0.423. The number of amides is 1. The average Bonchev–Trinajstić information content (AvgIpc) is 2.78. The smallest absolute Gasteiger partial charge is 0.250 e. The van der Waals surface area contributed by atoms with E-state index in [4.69, 9.17) is 0 Å². The van der Waals surface area contributed by atoms with E-state index in [2.05, 4.69) is 39.4 Å². The lowest BCUT2D eigenvalue weighted by Gasteiger charge is -2.56. The van der Waals surface area contributed by atoms with Crippen LogP contribution in [0.25, 0.3) is 6.08 Å². The third-order valence-electron chi connectivity index (χ3n) is 7.64. The monoisotopic (exact) mass is 464 g/mol. The van der Waals surface area contributed by atoms with Gasteiger partial charge in [-0.3, -0.25) is 4.79 Å². The molecule has 1 saturated carbocycles. The van der Waals surface area contributed by atoms with Gasteiger partial charge in [0, 0.05) is 34.7 Å². The van der Waals surface area contributed by atoms with Gasteiger partial charge < -0.3 is 10.2 Å². The molecule has 1 aliphatic heterocycles. The first-order valence-corrected chi connectivity index (χ1v) is 11.9. The molecule has 3 atom stereocenters.